The van der Waals surface area contributed by atoms with Gasteiger partial charge in [-0.3, -0.25) is 14.5 Å². The number of nitrogens with one attached hydrogen (secondary N) is 3. The molecule has 1 aromatic heterocycles. The molecule has 0 bridgehead atoms. The molecule has 2 atom stereocenters. The van der Waals surface area contributed by atoms with Gasteiger partial charge in [0.2, 0.25) is 5.91 Å². The van der Waals surface area contributed by atoms with Gasteiger partial charge in [0, 0.05) is 35.2 Å². The molecule has 2 aromatic carbocycles. The van der Waals surface area contributed by atoms with E-state index in [9.17, 15) is 14.4 Å². The quantitative estimate of drug-likeness (QED) is 0.540. The zero-order valence-corrected chi connectivity index (χ0v) is 18.5. The Hall–Kier alpha value is -3.61. The number of benzene rings is 2. The van der Waals surface area contributed by atoms with E-state index in [0.717, 1.165) is 43.2 Å². The van der Waals surface area contributed by atoms with Gasteiger partial charge in [-0.25, -0.2) is 4.79 Å². The number of carbonyl (C=O) groups excluding carboxylic acids is 3. The van der Waals surface area contributed by atoms with Gasteiger partial charge in [0.25, 0.3) is 5.91 Å². The van der Waals surface area contributed by atoms with Crippen LogP contribution in [0, 0.1) is 5.92 Å². The van der Waals surface area contributed by atoms with Crippen LogP contribution in [-0.2, 0) is 17.8 Å². The summed E-state index contributed by atoms with van der Waals surface area (Å²) in [5, 5.41) is 7.13. The van der Waals surface area contributed by atoms with Crippen LogP contribution in [0.15, 0.2) is 54.7 Å². The lowest BCUT2D eigenvalue weighted by molar-refractivity contribution is -0.137. The van der Waals surface area contributed by atoms with Crippen molar-refractivity contribution < 1.29 is 14.4 Å². The Kier molecular flexibility index (Phi) is 5.86. The number of aromatic amines is 1. The van der Waals surface area contributed by atoms with Crippen LogP contribution in [0.3, 0.4) is 0 Å². The van der Waals surface area contributed by atoms with E-state index < -0.39 is 0 Å². The lowest BCUT2D eigenvalue weighted by atomic mass is 9.82. The van der Waals surface area contributed by atoms with Gasteiger partial charge >= 0.3 is 6.03 Å². The smallest absolute Gasteiger partial charge is 0.324 e. The number of aromatic nitrogens is 1. The number of fused-ring (bicyclic) bond motifs is 2. The van der Waals surface area contributed by atoms with Crippen LogP contribution in [0.5, 0.6) is 0 Å². The van der Waals surface area contributed by atoms with E-state index in [0.29, 0.717) is 12.1 Å². The Morgan fingerprint density at radius 3 is 2.67 bits per heavy atom. The van der Waals surface area contributed by atoms with Crippen molar-refractivity contribution in [1.82, 2.24) is 20.5 Å². The second-order valence-corrected chi connectivity index (χ2v) is 8.93. The third kappa shape index (κ3) is 4.35. The lowest BCUT2D eigenvalue weighted by Gasteiger charge is -2.40. The highest BCUT2D eigenvalue weighted by Crippen LogP contribution is 2.30. The van der Waals surface area contributed by atoms with Gasteiger partial charge in [-0.1, -0.05) is 43.2 Å². The minimum absolute atomic E-state index is 0.0228. The Bertz CT molecular complexity index is 1180. The minimum atomic E-state index is -0.317. The summed E-state index contributed by atoms with van der Waals surface area (Å²) in [5.74, 6) is -0.334. The predicted octanol–water partition coefficient (Wildman–Crippen LogP) is 3.75. The van der Waals surface area contributed by atoms with Gasteiger partial charge in [-0.15, -0.1) is 0 Å². The summed E-state index contributed by atoms with van der Waals surface area (Å²) in [6, 6.07) is 14.9. The fourth-order valence-corrected chi connectivity index (χ4v) is 4.98. The summed E-state index contributed by atoms with van der Waals surface area (Å²) in [6.07, 6.45) is 6.51. The highest BCUT2D eigenvalue weighted by Gasteiger charge is 2.41. The maximum Gasteiger partial charge on any atom is 0.324 e. The minimum Gasteiger partial charge on any atom is -0.361 e. The molecule has 2 unspecified atom stereocenters. The summed E-state index contributed by atoms with van der Waals surface area (Å²) in [4.78, 5) is 42.4. The number of imide groups is 1. The number of amides is 4. The molecule has 0 spiro atoms. The molecule has 1 saturated heterocycles. The largest absolute Gasteiger partial charge is 0.361 e. The molecule has 5 rings (SSSR count). The summed E-state index contributed by atoms with van der Waals surface area (Å²) < 4.78 is 0. The first-order chi connectivity index (χ1) is 16.1. The van der Waals surface area contributed by atoms with E-state index in [1.165, 1.54) is 15.8 Å². The van der Waals surface area contributed by atoms with Crippen LogP contribution in [0.25, 0.3) is 10.9 Å². The standard InChI is InChI=1S/C26H28N4O3/c31-24(27-14-13-19-15-28-22-7-3-1-5-20(19)22)18-11-9-17(10-12-18)16-30-25(32)21-6-2-4-8-23(21)29-26(30)33/h1,3,5,7,9-12,15,21,23,28H,2,4,6,8,13-14,16H2,(H,27,31)(H,29,33). The molecule has 1 aliphatic heterocycles. The van der Waals surface area contributed by atoms with Crippen LogP contribution in [0.4, 0.5) is 4.79 Å². The second-order valence-electron chi connectivity index (χ2n) is 8.93. The highest BCUT2D eigenvalue weighted by atomic mass is 16.2. The number of hydrogen-bond acceptors (Lipinski definition) is 3. The van der Waals surface area contributed by atoms with Crippen molar-refractivity contribution in [2.75, 3.05) is 6.54 Å². The molecule has 2 aliphatic rings. The zero-order chi connectivity index (χ0) is 22.8. The average molecular weight is 445 g/mol. The van der Waals surface area contributed by atoms with Gasteiger partial charge in [-0.2, -0.15) is 0 Å². The van der Waals surface area contributed by atoms with Crippen molar-refractivity contribution in [2.24, 2.45) is 5.92 Å². The van der Waals surface area contributed by atoms with Crippen LogP contribution in [-0.4, -0.2) is 40.3 Å². The Morgan fingerprint density at radius 1 is 1.03 bits per heavy atom. The monoisotopic (exact) mass is 444 g/mol. The molecule has 1 saturated carbocycles. The first-order valence-corrected chi connectivity index (χ1v) is 11.6. The molecule has 7 heteroatoms. The zero-order valence-electron chi connectivity index (χ0n) is 18.5. The van der Waals surface area contributed by atoms with Crippen LogP contribution in [0.2, 0.25) is 0 Å². The van der Waals surface area contributed by atoms with E-state index in [-0.39, 0.29) is 36.3 Å². The van der Waals surface area contributed by atoms with Crippen molar-refractivity contribution in [3.8, 4) is 0 Å². The number of urea groups is 1. The number of hydrogen-bond donors (Lipinski definition) is 3. The van der Waals surface area contributed by atoms with Gasteiger partial charge in [0.1, 0.15) is 0 Å². The Morgan fingerprint density at radius 2 is 1.82 bits per heavy atom. The van der Waals surface area contributed by atoms with Crippen LogP contribution in [0.1, 0.15) is 47.2 Å². The third-order valence-corrected chi connectivity index (χ3v) is 6.81. The van der Waals surface area contributed by atoms with Crippen molar-refractivity contribution in [3.05, 3.63) is 71.4 Å². The number of rotatable bonds is 6. The van der Waals surface area contributed by atoms with E-state index >= 15 is 0 Å². The molecule has 2 fully saturated rings. The predicted molar refractivity (Wildman–Crippen MR) is 126 cm³/mol. The van der Waals surface area contributed by atoms with Crippen molar-refractivity contribution in [3.63, 3.8) is 0 Å². The highest BCUT2D eigenvalue weighted by molar-refractivity contribution is 5.98. The molecule has 0 radical (unpaired) electrons. The van der Waals surface area contributed by atoms with Crippen molar-refractivity contribution >= 4 is 28.7 Å². The first kappa shape index (κ1) is 21.2. The summed E-state index contributed by atoms with van der Waals surface area (Å²) in [5.41, 5.74) is 3.64. The Balaban J connectivity index is 1.16. The second kappa shape index (κ2) is 9.10. The van der Waals surface area contributed by atoms with E-state index in [1.54, 1.807) is 12.1 Å². The Labute approximate surface area is 192 Å². The normalized spacial score (nSPS) is 20.4. The van der Waals surface area contributed by atoms with Crippen molar-refractivity contribution in [2.45, 2.75) is 44.7 Å². The van der Waals surface area contributed by atoms with Crippen LogP contribution >= 0.6 is 0 Å². The molecule has 170 valence electrons. The van der Waals surface area contributed by atoms with E-state index in [2.05, 4.69) is 21.7 Å². The molecule has 3 aromatic rings. The van der Waals surface area contributed by atoms with Crippen molar-refractivity contribution in [1.29, 1.82) is 0 Å². The van der Waals surface area contributed by atoms with Gasteiger partial charge in [-0.05, 0) is 48.6 Å². The van der Waals surface area contributed by atoms with Gasteiger partial charge in [0.05, 0.1) is 12.5 Å². The molecule has 7 nitrogen and oxygen atoms in total. The average Bonchev–Trinajstić information content (AvgIpc) is 3.25. The number of H-pyrrole nitrogens is 1. The lowest BCUT2D eigenvalue weighted by Crippen LogP contribution is -2.60. The number of para-hydroxylation sites is 1. The first-order valence-electron chi connectivity index (χ1n) is 11.6. The van der Waals surface area contributed by atoms with Gasteiger partial charge < -0.3 is 15.6 Å². The molecule has 2 heterocycles. The summed E-state index contributed by atoms with van der Waals surface area (Å²) in [7, 11) is 0. The molecule has 1 aliphatic carbocycles. The third-order valence-electron chi connectivity index (χ3n) is 6.81. The van der Waals surface area contributed by atoms with E-state index in [4.69, 9.17) is 0 Å². The molecule has 33 heavy (non-hydrogen) atoms. The molecule has 3 N–H and O–H groups in total. The maximum absolute atomic E-state index is 12.8. The van der Waals surface area contributed by atoms with Gasteiger partial charge in [0.15, 0.2) is 0 Å². The number of nitrogens with zero attached hydrogens (tertiary/aromatic N) is 1. The van der Waals surface area contributed by atoms with E-state index in [1.807, 2.05) is 36.5 Å². The SMILES string of the molecule is O=C(NCCc1c[nH]c2ccccc12)c1ccc(CN2C(=O)NC3CCCCC3C2=O)cc1. The molecule has 4 amide bonds. The fraction of sp³-hybridized carbons (Fsp3) is 0.346. The number of carbonyl (C=O) groups is 3. The maximum atomic E-state index is 12.8. The molecular weight excluding hydrogens is 416 g/mol. The summed E-state index contributed by atoms with van der Waals surface area (Å²) >= 11 is 0. The fourth-order valence-electron chi connectivity index (χ4n) is 4.98. The molecular formula is C26H28N4O3. The van der Waals surface area contributed by atoms with Crippen LogP contribution < -0.4 is 10.6 Å². The summed E-state index contributed by atoms with van der Waals surface area (Å²) in [6.45, 7) is 0.754. The topological polar surface area (TPSA) is 94.3 Å².